The van der Waals surface area contributed by atoms with Crippen LogP contribution in [-0.2, 0) is 4.79 Å². The molecule has 0 aromatic heterocycles. The van der Waals surface area contributed by atoms with Crippen molar-refractivity contribution in [3.8, 4) is 11.5 Å². The molecule has 1 aromatic carbocycles. The zero-order valence-corrected chi connectivity index (χ0v) is 11.4. The minimum Gasteiger partial charge on any atom is -0.481 e. The van der Waals surface area contributed by atoms with Gasteiger partial charge >= 0.3 is 5.97 Å². The lowest BCUT2D eigenvalue weighted by Crippen LogP contribution is -2.26. The van der Waals surface area contributed by atoms with Crippen LogP contribution in [-0.4, -0.2) is 24.4 Å². The molecule has 5 heteroatoms. The van der Waals surface area contributed by atoms with Crippen molar-refractivity contribution in [2.75, 3.05) is 18.7 Å². The number of nitrogens with one attached hydrogen (secondary N) is 1. The van der Waals surface area contributed by atoms with Crippen LogP contribution >= 0.6 is 0 Å². The molecule has 0 aliphatic carbocycles. The summed E-state index contributed by atoms with van der Waals surface area (Å²) in [5.41, 5.74) is 1.69. The fourth-order valence-corrected chi connectivity index (χ4v) is 2.04. The van der Waals surface area contributed by atoms with Gasteiger partial charge in [-0.05, 0) is 24.0 Å². The fraction of sp³-hybridized carbons (Fsp3) is 0.500. The first-order valence-corrected chi connectivity index (χ1v) is 6.23. The van der Waals surface area contributed by atoms with Gasteiger partial charge < -0.3 is 19.9 Å². The van der Waals surface area contributed by atoms with E-state index in [0.29, 0.717) is 6.54 Å². The zero-order chi connectivity index (χ0) is 14.0. The minimum absolute atomic E-state index is 0.129. The summed E-state index contributed by atoms with van der Waals surface area (Å²) >= 11 is 0. The normalized spacial score (nSPS) is 13.4. The van der Waals surface area contributed by atoms with Crippen LogP contribution in [0.25, 0.3) is 0 Å². The van der Waals surface area contributed by atoms with Gasteiger partial charge in [-0.25, -0.2) is 0 Å². The lowest BCUT2D eigenvalue weighted by Gasteiger charge is -2.24. The van der Waals surface area contributed by atoms with Crippen LogP contribution in [0.1, 0.15) is 25.8 Å². The average Bonchev–Trinajstić information content (AvgIpc) is 2.71. The van der Waals surface area contributed by atoms with E-state index in [9.17, 15) is 4.79 Å². The SMILES string of the molecule is Cc1cc2c(cc1NCC(C)(C)CC(=O)O)OCO2. The summed E-state index contributed by atoms with van der Waals surface area (Å²) in [6.45, 7) is 6.67. The molecule has 0 saturated carbocycles. The summed E-state index contributed by atoms with van der Waals surface area (Å²) in [4.78, 5) is 10.8. The van der Waals surface area contributed by atoms with E-state index in [2.05, 4.69) is 5.32 Å². The van der Waals surface area contributed by atoms with Crippen LogP contribution in [0.15, 0.2) is 12.1 Å². The first-order chi connectivity index (χ1) is 8.87. The molecule has 1 aromatic rings. The highest BCUT2D eigenvalue weighted by molar-refractivity contribution is 5.68. The third-order valence-corrected chi connectivity index (χ3v) is 3.11. The highest BCUT2D eigenvalue weighted by Gasteiger charge is 2.22. The molecule has 0 radical (unpaired) electrons. The van der Waals surface area contributed by atoms with Gasteiger partial charge in [-0.2, -0.15) is 0 Å². The van der Waals surface area contributed by atoms with Crippen molar-refractivity contribution >= 4 is 11.7 Å². The van der Waals surface area contributed by atoms with Crippen LogP contribution in [0, 0.1) is 12.3 Å². The van der Waals surface area contributed by atoms with Gasteiger partial charge in [0.15, 0.2) is 11.5 Å². The summed E-state index contributed by atoms with van der Waals surface area (Å²) in [7, 11) is 0. The second-order valence-electron chi connectivity index (χ2n) is 5.61. The lowest BCUT2D eigenvalue weighted by atomic mass is 9.89. The van der Waals surface area contributed by atoms with Gasteiger partial charge in [-0.3, -0.25) is 4.79 Å². The predicted octanol–water partition coefficient (Wildman–Crippen LogP) is 2.64. The Kier molecular flexibility index (Phi) is 3.55. The molecule has 0 saturated heterocycles. The van der Waals surface area contributed by atoms with Crippen molar-refractivity contribution in [3.63, 3.8) is 0 Å². The van der Waals surface area contributed by atoms with Crippen molar-refractivity contribution in [1.82, 2.24) is 0 Å². The van der Waals surface area contributed by atoms with Gasteiger partial charge in [0.05, 0.1) is 6.42 Å². The number of hydrogen-bond acceptors (Lipinski definition) is 4. The molecule has 104 valence electrons. The predicted molar refractivity (Wildman–Crippen MR) is 71.8 cm³/mol. The Morgan fingerprint density at radius 1 is 1.37 bits per heavy atom. The van der Waals surface area contributed by atoms with Crippen LogP contribution < -0.4 is 14.8 Å². The molecule has 2 rings (SSSR count). The Bertz CT molecular complexity index is 496. The lowest BCUT2D eigenvalue weighted by molar-refractivity contribution is -0.139. The summed E-state index contributed by atoms with van der Waals surface area (Å²) < 4.78 is 10.6. The van der Waals surface area contributed by atoms with E-state index < -0.39 is 5.97 Å². The van der Waals surface area contributed by atoms with Crippen molar-refractivity contribution < 1.29 is 19.4 Å². The highest BCUT2D eigenvalue weighted by atomic mass is 16.7. The largest absolute Gasteiger partial charge is 0.481 e. The van der Waals surface area contributed by atoms with Crippen LogP contribution in [0.2, 0.25) is 0 Å². The second-order valence-corrected chi connectivity index (χ2v) is 5.61. The number of benzene rings is 1. The van der Waals surface area contributed by atoms with E-state index in [0.717, 1.165) is 22.7 Å². The Balaban J connectivity index is 2.06. The summed E-state index contributed by atoms with van der Waals surface area (Å²) in [5, 5.41) is 12.2. The zero-order valence-electron chi connectivity index (χ0n) is 11.4. The van der Waals surface area contributed by atoms with E-state index in [4.69, 9.17) is 14.6 Å². The highest BCUT2D eigenvalue weighted by Crippen LogP contribution is 2.37. The van der Waals surface area contributed by atoms with Crippen molar-refractivity contribution in [2.45, 2.75) is 27.2 Å². The molecule has 0 fully saturated rings. The molecule has 2 N–H and O–H groups in total. The van der Waals surface area contributed by atoms with Crippen LogP contribution in [0.5, 0.6) is 11.5 Å². The third-order valence-electron chi connectivity index (χ3n) is 3.11. The average molecular weight is 265 g/mol. The first-order valence-electron chi connectivity index (χ1n) is 6.23. The minimum atomic E-state index is -0.783. The third kappa shape index (κ3) is 3.30. The van der Waals surface area contributed by atoms with Gasteiger partial charge in [0.2, 0.25) is 6.79 Å². The Morgan fingerprint density at radius 2 is 2.00 bits per heavy atom. The molecule has 1 heterocycles. The molecule has 5 nitrogen and oxygen atoms in total. The van der Waals surface area contributed by atoms with E-state index in [-0.39, 0.29) is 18.6 Å². The summed E-state index contributed by atoms with van der Waals surface area (Å²) in [6.07, 6.45) is 0.129. The molecule has 1 aliphatic rings. The molecule has 0 unspecified atom stereocenters. The van der Waals surface area contributed by atoms with Gasteiger partial charge in [0.25, 0.3) is 0 Å². The summed E-state index contributed by atoms with van der Waals surface area (Å²) in [6, 6.07) is 3.82. The maximum Gasteiger partial charge on any atom is 0.303 e. The van der Waals surface area contributed by atoms with Crippen LogP contribution in [0.4, 0.5) is 5.69 Å². The molecule has 0 spiro atoms. The molecule has 1 aliphatic heterocycles. The molecular formula is C14H19NO4. The molecular weight excluding hydrogens is 246 g/mol. The van der Waals surface area contributed by atoms with Gasteiger partial charge in [-0.15, -0.1) is 0 Å². The van der Waals surface area contributed by atoms with Gasteiger partial charge in [-0.1, -0.05) is 13.8 Å². The van der Waals surface area contributed by atoms with E-state index in [1.807, 2.05) is 32.9 Å². The standard InChI is InChI=1S/C14H19NO4/c1-9-4-11-12(19-8-18-11)5-10(9)15-7-14(2,3)6-13(16)17/h4-5,15H,6-8H2,1-3H3,(H,16,17). The number of carbonyl (C=O) groups is 1. The quantitative estimate of drug-likeness (QED) is 0.856. The first kappa shape index (κ1) is 13.5. The van der Waals surface area contributed by atoms with Gasteiger partial charge in [0.1, 0.15) is 0 Å². The van der Waals surface area contributed by atoms with Crippen molar-refractivity contribution in [3.05, 3.63) is 17.7 Å². The number of ether oxygens (including phenoxy) is 2. The van der Waals surface area contributed by atoms with Crippen molar-refractivity contribution in [1.29, 1.82) is 0 Å². The molecule has 0 amide bonds. The second kappa shape index (κ2) is 4.99. The fourth-order valence-electron chi connectivity index (χ4n) is 2.04. The smallest absolute Gasteiger partial charge is 0.303 e. The topological polar surface area (TPSA) is 67.8 Å². The van der Waals surface area contributed by atoms with E-state index >= 15 is 0 Å². The molecule has 0 atom stereocenters. The monoisotopic (exact) mass is 265 g/mol. The van der Waals surface area contributed by atoms with E-state index in [1.165, 1.54) is 0 Å². The number of aryl methyl sites for hydroxylation is 1. The molecule has 19 heavy (non-hydrogen) atoms. The number of carboxylic acid groups (broad SMARTS) is 1. The summed E-state index contributed by atoms with van der Waals surface area (Å²) in [5.74, 6) is 0.700. The van der Waals surface area contributed by atoms with Crippen LogP contribution in [0.3, 0.4) is 0 Å². The number of fused-ring (bicyclic) bond motifs is 1. The number of anilines is 1. The number of rotatable bonds is 5. The molecule has 0 bridgehead atoms. The van der Waals surface area contributed by atoms with Crippen molar-refractivity contribution in [2.24, 2.45) is 5.41 Å². The number of hydrogen-bond donors (Lipinski definition) is 2. The Hall–Kier alpha value is -1.91. The Morgan fingerprint density at radius 3 is 2.63 bits per heavy atom. The number of aliphatic carboxylic acids is 1. The van der Waals surface area contributed by atoms with E-state index in [1.54, 1.807) is 0 Å². The maximum atomic E-state index is 10.8. The van der Waals surface area contributed by atoms with Gasteiger partial charge in [0, 0.05) is 18.3 Å². The maximum absolute atomic E-state index is 10.8. The Labute approximate surface area is 112 Å². The number of carboxylic acids is 1.